The highest BCUT2D eigenvalue weighted by Crippen LogP contribution is 2.39. The summed E-state index contributed by atoms with van der Waals surface area (Å²) in [6.45, 7) is 2.24. The van der Waals surface area contributed by atoms with Crippen LogP contribution in [0.2, 0.25) is 0 Å². The van der Waals surface area contributed by atoms with E-state index < -0.39 is 0 Å². The molecule has 1 atom stereocenters. The zero-order valence-electron chi connectivity index (χ0n) is 20.7. The first-order chi connectivity index (χ1) is 17.6. The van der Waals surface area contributed by atoms with Gasteiger partial charge in [-0.05, 0) is 79.5 Å². The molecule has 1 aliphatic carbocycles. The van der Waals surface area contributed by atoms with Gasteiger partial charge in [0, 0.05) is 23.4 Å². The largest absolute Gasteiger partial charge is 0.507 e. The fourth-order valence-electron chi connectivity index (χ4n) is 5.12. The average molecular weight is 485 g/mol. The van der Waals surface area contributed by atoms with E-state index in [1.165, 1.54) is 12.8 Å². The molecule has 7 nitrogen and oxygen atoms in total. The number of nitrogens with two attached hydrogens (primary N) is 2. The SMILES string of the molecule is NC(=NCc1c(C2CCCNC2)cc(-c2c(O)cccc2CCC2CC2)nc1N)Nc1ccccc1. The Morgan fingerprint density at radius 2 is 1.94 bits per heavy atom. The Kier molecular flexibility index (Phi) is 7.37. The van der Waals surface area contributed by atoms with Crippen molar-refractivity contribution < 1.29 is 5.11 Å². The zero-order chi connectivity index (χ0) is 24.9. The topological polar surface area (TPSA) is 122 Å². The number of phenolic OH excluding ortho intramolecular Hbond substituents is 1. The smallest absolute Gasteiger partial charge is 0.193 e. The van der Waals surface area contributed by atoms with E-state index in [-0.39, 0.29) is 5.75 Å². The van der Waals surface area contributed by atoms with Gasteiger partial charge < -0.3 is 27.2 Å². The van der Waals surface area contributed by atoms with Crippen LogP contribution in [0.25, 0.3) is 11.3 Å². The second-order valence-corrected chi connectivity index (χ2v) is 9.99. The minimum atomic E-state index is 0.255. The number of nitrogens with one attached hydrogen (secondary N) is 2. The van der Waals surface area contributed by atoms with E-state index in [4.69, 9.17) is 16.5 Å². The van der Waals surface area contributed by atoms with Gasteiger partial charge >= 0.3 is 0 Å². The Bertz CT molecular complexity index is 1220. The highest BCUT2D eigenvalue weighted by molar-refractivity contribution is 5.92. The summed E-state index contributed by atoms with van der Waals surface area (Å²) in [5.41, 5.74) is 18.4. The highest BCUT2D eigenvalue weighted by atomic mass is 16.3. The summed E-state index contributed by atoms with van der Waals surface area (Å²) in [6.07, 6.45) is 6.88. The van der Waals surface area contributed by atoms with Gasteiger partial charge in [0.1, 0.15) is 11.6 Å². The molecule has 1 aliphatic heterocycles. The van der Waals surface area contributed by atoms with Crippen LogP contribution in [-0.2, 0) is 13.0 Å². The molecule has 7 N–H and O–H groups in total. The molecule has 0 spiro atoms. The fraction of sp³-hybridized carbons (Fsp3) is 0.379. The monoisotopic (exact) mass is 484 g/mol. The number of nitrogens with zero attached hydrogens (tertiary/aromatic N) is 2. The molecule has 0 bridgehead atoms. The normalized spacial score (nSPS) is 18.2. The molecule has 3 aromatic rings. The van der Waals surface area contributed by atoms with E-state index >= 15 is 0 Å². The van der Waals surface area contributed by atoms with E-state index in [0.717, 1.165) is 78.3 Å². The van der Waals surface area contributed by atoms with Crippen molar-refractivity contribution in [2.75, 3.05) is 24.1 Å². The third-order valence-corrected chi connectivity index (χ3v) is 7.28. The van der Waals surface area contributed by atoms with E-state index in [1.807, 2.05) is 36.4 Å². The Hall–Kier alpha value is -3.58. The summed E-state index contributed by atoms with van der Waals surface area (Å²) < 4.78 is 0. The van der Waals surface area contributed by atoms with Crippen molar-refractivity contribution in [3.05, 3.63) is 71.3 Å². The van der Waals surface area contributed by atoms with Crippen LogP contribution in [0.5, 0.6) is 5.75 Å². The van der Waals surface area contributed by atoms with Crippen molar-refractivity contribution in [3.63, 3.8) is 0 Å². The number of aliphatic imine (C=N–C) groups is 1. The number of piperidine rings is 1. The standard InChI is InChI=1S/C29H36N6O/c30-28-24(18-33-29(31)34-22-8-2-1-3-9-22)23(21-7-5-15-32-17-21)16-25(35-28)27-20(6-4-10-26(27)36)14-13-19-11-12-19/h1-4,6,8-10,16,19,21,32,36H,5,7,11-15,17-18H2,(H2,30,35)(H3,31,33,34). The summed E-state index contributed by atoms with van der Waals surface area (Å²) >= 11 is 0. The Balaban J connectivity index is 1.48. The van der Waals surface area contributed by atoms with Gasteiger partial charge in [0.25, 0.3) is 0 Å². The van der Waals surface area contributed by atoms with Crippen molar-refractivity contribution in [2.24, 2.45) is 16.6 Å². The number of aromatic nitrogens is 1. The number of nitrogen functional groups attached to an aromatic ring is 1. The van der Waals surface area contributed by atoms with Gasteiger partial charge in [-0.2, -0.15) is 0 Å². The number of aromatic hydroxyl groups is 1. The predicted octanol–water partition coefficient (Wildman–Crippen LogP) is 4.77. The van der Waals surface area contributed by atoms with Gasteiger partial charge in [0.15, 0.2) is 5.96 Å². The molecular weight excluding hydrogens is 448 g/mol. The quantitative estimate of drug-likeness (QED) is 0.232. The molecule has 5 rings (SSSR count). The molecule has 0 amide bonds. The van der Waals surface area contributed by atoms with E-state index in [0.29, 0.717) is 24.2 Å². The summed E-state index contributed by atoms with van der Waals surface area (Å²) in [4.78, 5) is 9.38. The average Bonchev–Trinajstić information content (AvgIpc) is 3.72. The van der Waals surface area contributed by atoms with Crippen LogP contribution in [-0.4, -0.2) is 29.1 Å². The van der Waals surface area contributed by atoms with Gasteiger partial charge in [0.05, 0.1) is 12.2 Å². The van der Waals surface area contributed by atoms with Crippen LogP contribution in [0.1, 0.15) is 54.7 Å². The number of pyridine rings is 1. The van der Waals surface area contributed by atoms with Gasteiger partial charge in [-0.1, -0.05) is 43.2 Å². The highest BCUT2D eigenvalue weighted by Gasteiger charge is 2.25. The first-order valence-corrected chi connectivity index (χ1v) is 13.0. The number of guanidine groups is 1. The Morgan fingerprint density at radius 3 is 2.69 bits per heavy atom. The lowest BCUT2D eigenvalue weighted by molar-refractivity contribution is 0.459. The van der Waals surface area contributed by atoms with Crippen LogP contribution in [0, 0.1) is 5.92 Å². The number of hydrogen-bond donors (Lipinski definition) is 5. The van der Waals surface area contributed by atoms with Gasteiger partial charge in [0.2, 0.25) is 0 Å². The first-order valence-electron chi connectivity index (χ1n) is 13.0. The van der Waals surface area contributed by atoms with E-state index in [2.05, 4.69) is 27.8 Å². The maximum Gasteiger partial charge on any atom is 0.193 e. The molecule has 1 saturated heterocycles. The first kappa shape index (κ1) is 24.1. The summed E-state index contributed by atoms with van der Waals surface area (Å²) in [5, 5.41) is 17.5. The molecule has 7 heteroatoms. The lowest BCUT2D eigenvalue weighted by Gasteiger charge is -2.26. The minimum absolute atomic E-state index is 0.255. The molecule has 188 valence electrons. The number of anilines is 2. The second-order valence-electron chi connectivity index (χ2n) is 9.99. The summed E-state index contributed by atoms with van der Waals surface area (Å²) in [6, 6.07) is 17.6. The van der Waals surface area contributed by atoms with Gasteiger partial charge in [-0.25, -0.2) is 9.98 Å². The maximum absolute atomic E-state index is 10.9. The van der Waals surface area contributed by atoms with Crippen molar-refractivity contribution in [3.8, 4) is 17.0 Å². The number of aryl methyl sites for hydroxylation is 1. The van der Waals surface area contributed by atoms with Crippen molar-refractivity contribution in [1.29, 1.82) is 0 Å². The second kappa shape index (κ2) is 11.0. The molecular formula is C29H36N6O. The van der Waals surface area contributed by atoms with Crippen molar-refractivity contribution in [1.82, 2.24) is 10.3 Å². The maximum atomic E-state index is 10.9. The lowest BCUT2D eigenvalue weighted by Crippen LogP contribution is -2.29. The predicted molar refractivity (Wildman–Crippen MR) is 147 cm³/mol. The van der Waals surface area contributed by atoms with Crippen molar-refractivity contribution in [2.45, 2.75) is 51.0 Å². The fourth-order valence-corrected chi connectivity index (χ4v) is 5.12. The molecule has 2 fully saturated rings. The molecule has 1 unspecified atom stereocenters. The minimum Gasteiger partial charge on any atom is -0.507 e. The Morgan fingerprint density at radius 1 is 1.11 bits per heavy atom. The van der Waals surface area contributed by atoms with E-state index in [1.54, 1.807) is 6.07 Å². The third-order valence-electron chi connectivity index (χ3n) is 7.28. The van der Waals surface area contributed by atoms with Crippen LogP contribution >= 0.6 is 0 Å². The van der Waals surface area contributed by atoms with Crippen LogP contribution in [0.4, 0.5) is 11.5 Å². The number of benzene rings is 2. The molecule has 2 aromatic carbocycles. The van der Waals surface area contributed by atoms with Crippen molar-refractivity contribution >= 4 is 17.5 Å². The lowest BCUT2D eigenvalue weighted by atomic mass is 9.87. The van der Waals surface area contributed by atoms with Crippen LogP contribution in [0.3, 0.4) is 0 Å². The zero-order valence-corrected chi connectivity index (χ0v) is 20.7. The van der Waals surface area contributed by atoms with Gasteiger partial charge in [-0.15, -0.1) is 0 Å². The summed E-state index contributed by atoms with van der Waals surface area (Å²) in [5.74, 6) is 2.15. The third kappa shape index (κ3) is 5.79. The number of rotatable bonds is 8. The molecule has 0 radical (unpaired) electrons. The van der Waals surface area contributed by atoms with Crippen LogP contribution in [0.15, 0.2) is 59.6 Å². The molecule has 36 heavy (non-hydrogen) atoms. The van der Waals surface area contributed by atoms with Crippen LogP contribution < -0.4 is 22.1 Å². The number of hydrogen-bond acceptors (Lipinski definition) is 5. The molecule has 2 heterocycles. The molecule has 2 aliphatic rings. The number of phenols is 1. The molecule has 1 saturated carbocycles. The Labute approximate surface area is 213 Å². The van der Waals surface area contributed by atoms with E-state index in [9.17, 15) is 5.11 Å². The van der Waals surface area contributed by atoms with Gasteiger partial charge in [-0.3, -0.25) is 0 Å². The molecule has 1 aromatic heterocycles. The summed E-state index contributed by atoms with van der Waals surface area (Å²) in [7, 11) is 0. The number of para-hydroxylation sites is 1.